The molecule has 0 radical (unpaired) electrons. The predicted octanol–water partition coefficient (Wildman–Crippen LogP) is 3.92. The molecule has 0 aliphatic carbocycles. The molecule has 1 unspecified atom stereocenters. The van der Waals surface area contributed by atoms with Gasteiger partial charge in [0.2, 0.25) is 0 Å². The molecule has 2 aromatic heterocycles. The molecule has 3 aromatic rings. The van der Waals surface area contributed by atoms with Gasteiger partial charge in [-0.3, -0.25) is 4.90 Å². The van der Waals surface area contributed by atoms with Crippen LogP contribution in [0.15, 0.2) is 48.9 Å². The monoisotopic (exact) mass is 462 g/mol. The highest BCUT2D eigenvalue weighted by Gasteiger charge is 2.56. The molecule has 4 rings (SSSR count). The number of fused-ring (bicyclic) bond motifs is 1. The van der Waals surface area contributed by atoms with Crippen LogP contribution in [0.1, 0.15) is 31.4 Å². The van der Waals surface area contributed by atoms with Crippen LogP contribution in [-0.2, 0) is 23.2 Å². The van der Waals surface area contributed by atoms with Crippen LogP contribution >= 0.6 is 0 Å². The summed E-state index contributed by atoms with van der Waals surface area (Å²) in [5.41, 5.74) is -1.55. The van der Waals surface area contributed by atoms with E-state index in [1.807, 2.05) is 24.3 Å². The molecule has 0 bridgehead atoms. The molecule has 1 aromatic carbocycles. The number of hydrogen-bond donors (Lipinski definition) is 1. The molecule has 1 N–H and O–H groups in total. The molecule has 1 fully saturated rings. The van der Waals surface area contributed by atoms with Crippen LogP contribution in [0.4, 0.5) is 13.2 Å². The molecule has 0 saturated carbocycles. The maximum Gasteiger partial charge on any atom is 0.418 e. The lowest BCUT2D eigenvalue weighted by Crippen LogP contribution is -2.52. The molecule has 33 heavy (non-hydrogen) atoms. The first-order valence-corrected chi connectivity index (χ1v) is 11.0. The first kappa shape index (κ1) is 23.7. The quantitative estimate of drug-likeness (QED) is 0.577. The number of halogens is 3. The lowest BCUT2D eigenvalue weighted by molar-refractivity contribution is -0.271. The molecule has 178 valence electrons. The molecule has 6 nitrogen and oxygen atoms in total. The fourth-order valence-corrected chi connectivity index (χ4v) is 4.55. The van der Waals surface area contributed by atoms with Crippen LogP contribution in [-0.4, -0.2) is 62.9 Å². The number of benzene rings is 1. The number of alkyl halides is 3. The van der Waals surface area contributed by atoms with E-state index in [9.17, 15) is 18.3 Å². The van der Waals surface area contributed by atoms with E-state index >= 15 is 0 Å². The number of nitrogens with zero attached hydrogens (tertiary/aromatic N) is 4. The number of ether oxygens (including phenoxy) is 1. The van der Waals surface area contributed by atoms with E-state index < -0.39 is 30.2 Å². The summed E-state index contributed by atoms with van der Waals surface area (Å²) in [5, 5.41) is 19.2. The minimum atomic E-state index is -4.81. The highest BCUT2D eigenvalue weighted by molar-refractivity contribution is 5.77. The van der Waals surface area contributed by atoms with Crippen molar-refractivity contribution in [2.24, 2.45) is 0 Å². The highest BCUT2D eigenvalue weighted by Crippen LogP contribution is 2.42. The van der Waals surface area contributed by atoms with Gasteiger partial charge in [0, 0.05) is 31.2 Å². The molecule has 1 aliphatic heterocycles. The second-order valence-electron chi connectivity index (χ2n) is 9.45. The van der Waals surface area contributed by atoms with Gasteiger partial charge in [-0.05, 0) is 29.0 Å². The molecular formula is C24H29F3N4O2. The summed E-state index contributed by atoms with van der Waals surface area (Å²) < 4.78 is 49.4. The Kier molecular flexibility index (Phi) is 6.48. The van der Waals surface area contributed by atoms with Gasteiger partial charge in [-0.2, -0.15) is 23.4 Å². The van der Waals surface area contributed by atoms with Crippen LogP contribution in [0.25, 0.3) is 10.9 Å². The van der Waals surface area contributed by atoms with Gasteiger partial charge in [0.15, 0.2) is 5.60 Å². The fraction of sp³-hybridized carbons (Fsp3) is 0.500. The van der Waals surface area contributed by atoms with E-state index in [0.29, 0.717) is 30.7 Å². The van der Waals surface area contributed by atoms with Crippen molar-refractivity contribution in [3.8, 4) is 0 Å². The lowest BCUT2D eigenvalue weighted by atomic mass is 9.74. The maximum atomic E-state index is 14.2. The summed E-state index contributed by atoms with van der Waals surface area (Å²) in [6.45, 7) is 6.61. The number of aliphatic hydroxyl groups is 1. The second-order valence-corrected chi connectivity index (χ2v) is 9.45. The van der Waals surface area contributed by atoms with E-state index in [2.05, 4.69) is 15.1 Å². The molecule has 0 spiro atoms. The summed E-state index contributed by atoms with van der Waals surface area (Å²) in [5.74, 6) is 0. The smallest absolute Gasteiger partial charge is 0.379 e. The Labute approximate surface area is 191 Å². The number of rotatable bonds is 7. The Balaban J connectivity index is 1.58. The van der Waals surface area contributed by atoms with E-state index in [-0.39, 0.29) is 0 Å². The van der Waals surface area contributed by atoms with Gasteiger partial charge < -0.3 is 14.4 Å². The fourth-order valence-electron chi connectivity index (χ4n) is 4.55. The van der Waals surface area contributed by atoms with Crippen LogP contribution in [0.2, 0.25) is 0 Å². The zero-order valence-corrected chi connectivity index (χ0v) is 18.8. The summed E-state index contributed by atoms with van der Waals surface area (Å²) >= 11 is 0. The van der Waals surface area contributed by atoms with Gasteiger partial charge in [0.25, 0.3) is 0 Å². The number of hydrogen-bond acceptors (Lipinski definition) is 5. The number of morpholine rings is 1. The van der Waals surface area contributed by atoms with Crippen molar-refractivity contribution in [2.45, 2.75) is 50.6 Å². The third kappa shape index (κ3) is 5.20. The summed E-state index contributed by atoms with van der Waals surface area (Å²) in [6, 6.07) is 9.31. The van der Waals surface area contributed by atoms with Crippen LogP contribution < -0.4 is 0 Å². The summed E-state index contributed by atoms with van der Waals surface area (Å²) in [4.78, 5) is 2.27. The van der Waals surface area contributed by atoms with Gasteiger partial charge in [0.05, 0.1) is 37.7 Å². The van der Waals surface area contributed by atoms with Crippen molar-refractivity contribution in [1.29, 1.82) is 0 Å². The Morgan fingerprint density at radius 1 is 1.06 bits per heavy atom. The maximum absolute atomic E-state index is 14.2. The second kappa shape index (κ2) is 9.04. The molecule has 0 amide bonds. The van der Waals surface area contributed by atoms with Crippen molar-refractivity contribution in [2.75, 3.05) is 26.3 Å². The van der Waals surface area contributed by atoms with Crippen molar-refractivity contribution >= 4 is 10.9 Å². The van der Waals surface area contributed by atoms with E-state index in [4.69, 9.17) is 4.74 Å². The molecule has 3 heterocycles. The predicted molar refractivity (Wildman–Crippen MR) is 119 cm³/mol. The first-order chi connectivity index (χ1) is 15.6. The Morgan fingerprint density at radius 3 is 2.52 bits per heavy atom. The normalized spacial score (nSPS) is 17.9. The van der Waals surface area contributed by atoms with Gasteiger partial charge in [-0.15, -0.1) is 0 Å². The Bertz CT molecular complexity index is 1090. The van der Waals surface area contributed by atoms with Crippen molar-refractivity contribution in [3.05, 3.63) is 60.0 Å². The first-order valence-electron chi connectivity index (χ1n) is 11.0. The molecule has 1 saturated heterocycles. The van der Waals surface area contributed by atoms with Gasteiger partial charge >= 0.3 is 6.18 Å². The summed E-state index contributed by atoms with van der Waals surface area (Å²) in [7, 11) is 0. The minimum Gasteiger partial charge on any atom is -0.379 e. The standard InChI is InChI=1S/C24H29F3N4O2/c1-22(2,20-5-3-4-18(12-20)15-30-8-10-33-11-9-30)16-23(32,24(25,26)27)17-31-7-6-19-13-28-29-14-21(19)31/h3-7,12-14,32H,8-11,15-17H2,1-2H3. The average molecular weight is 463 g/mol. The van der Waals surface area contributed by atoms with Crippen LogP contribution in [0.5, 0.6) is 0 Å². The SMILES string of the molecule is CC(C)(CC(O)(Cn1ccc2cnncc21)C(F)(F)F)c1cccc(CN2CCOCC2)c1. The Morgan fingerprint density at radius 2 is 1.79 bits per heavy atom. The highest BCUT2D eigenvalue weighted by atomic mass is 19.4. The van der Waals surface area contributed by atoms with Gasteiger partial charge in [0.1, 0.15) is 0 Å². The van der Waals surface area contributed by atoms with Crippen molar-refractivity contribution in [1.82, 2.24) is 19.7 Å². The van der Waals surface area contributed by atoms with E-state index in [0.717, 1.165) is 24.2 Å². The van der Waals surface area contributed by atoms with E-state index in [1.165, 1.54) is 23.2 Å². The average Bonchev–Trinajstić information content (AvgIpc) is 3.16. The summed E-state index contributed by atoms with van der Waals surface area (Å²) in [6.07, 6.45) is -0.870. The van der Waals surface area contributed by atoms with Crippen molar-refractivity contribution in [3.63, 3.8) is 0 Å². The third-order valence-electron chi connectivity index (χ3n) is 6.40. The molecule has 1 aliphatic rings. The van der Waals surface area contributed by atoms with Gasteiger partial charge in [-0.1, -0.05) is 38.1 Å². The lowest BCUT2D eigenvalue weighted by Gasteiger charge is -2.38. The van der Waals surface area contributed by atoms with Gasteiger partial charge in [-0.25, -0.2) is 0 Å². The largest absolute Gasteiger partial charge is 0.418 e. The zero-order valence-electron chi connectivity index (χ0n) is 18.8. The Hall–Kier alpha value is -2.49. The molecule has 1 atom stereocenters. The van der Waals surface area contributed by atoms with E-state index in [1.54, 1.807) is 19.9 Å². The molecule has 9 heteroatoms. The topological polar surface area (TPSA) is 63.4 Å². The van der Waals surface area contributed by atoms with Crippen LogP contribution in [0, 0.1) is 0 Å². The van der Waals surface area contributed by atoms with Crippen molar-refractivity contribution < 1.29 is 23.0 Å². The number of aromatic nitrogens is 3. The molecular weight excluding hydrogens is 433 g/mol. The third-order valence-corrected chi connectivity index (χ3v) is 6.40. The zero-order chi connectivity index (χ0) is 23.7. The van der Waals surface area contributed by atoms with Crippen LogP contribution in [0.3, 0.4) is 0 Å². The minimum absolute atomic E-state index is 0.483.